The second-order valence-electron chi connectivity index (χ2n) is 12.1. The highest BCUT2D eigenvalue weighted by Crippen LogP contribution is 2.36. The lowest BCUT2D eigenvalue weighted by atomic mass is 10.0. The van der Waals surface area contributed by atoms with Gasteiger partial charge >= 0.3 is 6.09 Å². The molecule has 2 saturated heterocycles. The number of anilines is 1. The van der Waals surface area contributed by atoms with Crippen LogP contribution in [0.3, 0.4) is 0 Å². The quantitative estimate of drug-likeness (QED) is 0.336. The Balaban J connectivity index is 1.32. The molecule has 1 aromatic carbocycles. The Hall–Kier alpha value is -3.92. The van der Waals surface area contributed by atoms with Crippen molar-refractivity contribution in [1.82, 2.24) is 29.9 Å². The minimum Gasteiger partial charge on any atom is -0.444 e. The van der Waals surface area contributed by atoms with Gasteiger partial charge in [-0.2, -0.15) is 10.2 Å². The third kappa shape index (κ3) is 6.07. The first-order valence-corrected chi connectivity index (χ1v) is 14.6. The smallest absolute Gasteiger partial charge is 0.407 e. The van der Waals surface area contributed by atoms with Gasteiger partial charge in [-0.15, -0.1) is 0 Å². The number of piperidine rings is 1. The summed E-state index contributed by atoms with van der Waals surface area (Å²) >= 11 is 0. The summed E-state index contributed by atoms with van der Waals surface area (Å²) in [6.07, 6.45) is 10.3. The third-order valence-corrected chi connectivity index (χ3v) is 7.65. The van der Waals surface area contributed by atoms with E-state index < -0.39 is 5.60 Å². The molecule has 0 aliphatic carbocycles. The lowest BCUT2D eigenvalue weighted by Gasteiger charge is -2.35. The van der Waals surface area contributed by atoms with Gasteiger partial charge in [-0.05, 0) is 71.1 Å². The monoisotopic (exact) mass is 557 g/mol. The predicted octanol–water partition coefficient (Wildman–Crippen LogP) is 5.69. The zero-order chi connectivity index (χ0) is 28.6. The van der Waals surface area contributed by atoms with Crippen molar-refractivity contribution in [2.75, 3.05) is 24.6 Å². The SMILES string of the molecule is Cn1cc(-c2cc3c(-c4cccc(N5CCC[C@@H](NC(=O)OC(C)(C)C)C5)c4)nn(C4CCCCO4)c3cn2)cn1. The number of carbonyl (C=O) groups is 1. The van der Waals surface area contributed by atoms with Gasteiger partial charge in [0.25, 0.3) is 0 Å². The first-order valence-electron chi connectivity index (χ1n) is 14.6. The fraction of sp³-hybridized carbons (Fsp3) is 0.484. The topological polar surface area (TPSA) is 99.3 Å². The van der Waals surface area contributed by atoms with Gasteiger partial charge < -0.3 is 19.7 Å². The number of aromatic nitrogens is 5. The van der Waals surface area contributed by atoms with Crippen molar-refractivity contribution in [3.8, 4) is 22.5 Å². The van der Waals surface area contributed by atoms with Crippen LogP contribution in [0.15, 0.2) is 48.9 Å². The summed E-state index contributed by atoms with van der Waals surface area (Å²) < 4.78 is 15.4. The van der Waals surface area contributed by atoms with Crippen LogP contribution in [-0.2, 0) is 16.5 Å². The summed E-state index contributed by atoms with van der Waals surface area (Å²) in [5.74, 6) is 0. The highest BCUT2D eigenvalue weighted by Gasteiger charge is 2.26. The number of amides is 1. The molecule has 5 heterocycles. The van der Waals surface area contributed by atoms with Gasteiger partial charge in [0, 0.05) is 61.2 Å². The molecule has 0 radical (unpaired) electrons. The molecule has 2 fully saturated rings. The Morgan fingerprint density at radius 2 is 1.98 bits per heavy atom. The molecule has 3 aromatic heterocycles. The average molecular weight is 558 g/mol. The van der Waals surface area contributed by atoms with Crippen LogP contribution in [0, 0.1) is 0 Å². The molecular formula is C31H39N7O3. The number of nitrogens with one attached hydrogen (secondary N) is 1. The predicted molar refractivity (Wildman–Crippen MR) is 159 cm³/mol. The molecule has 10 nitrogen and oxygen atoms in total. The van der Waals surface area contributed by atoms with Crippen molar-refractivity contribution in [3.05, 3.63) is 48.9 Å². The largest absolute Gasteiger partial charge is 0.444 e. The van der Waals surface area contributed by atoms with Crippen LogP contribution in [0.25, 0.3) is 33.4 Å². The number of aryl methyl sites for hydroxylation is 1. The maximum absolute atomic E-state index is 12.4. The lowest BCUT2D eigenvalue weighted by molar-refractivity contribution is -0.0365. The normalized spacial score (nSPS) is 19.9. The van der Waals surface area contributed by atoms with E-state index in [9.17, 15) is 4.79 Å². The van der Waals surface area contributed by atoms with Gasteiger partial charge in [-0.1, -0.05) is 12.1 Å². The summed E-state index contributed by atoms with van der Waals surface area (Å²) in [6.45, 7) is 8.04. The zero-order valence-electron chi connectivity index (χ0n) is 24.3. The van der Waals surface area contributed by atoms with Crippen LogP contribution in [0.1, 0.15) is 59.1 Å². The van der Waals surface area contributed by atoms with Crippen LogP contribution in [0.5, 0.6) is 0 Å². The Morgan fingerprint density at radius 3 is 2.73 bits per heavy atom. The number of hydrogen-bond donors (Lipinski definition) is 1. The molecule has 1 N–H and O–H groups in total. The number of ether oxygens (including phenoxy) is 2. The fourth-order valence-corrected chi connectivity index (χ4v) is 5.75. The number of hydrogen-bond acceptors (Lipinski definition) is 7. The molecule has 4 aromatic rings. The van der Waals surface area contributed by atoms with Crippen LogP contribution in [0.2, 0.25) is 0 Å². The van der Waals surface area contributed by atoms with E-state index in [1.54, 1.807) is 4.68 Å². The molecule has 10 heteroatoms. The van der Waals surface area contributed by atoms with Crippen molar-refractivity contribution >= 4 is 22.7 Å². The van der Waals surface area contributed by atoms with E-state index in [4.69, 9.17) is 19.6 Å². The number of carbonyl (C=O) groups excluding carboxylic acids is 1. The van der Waals surface area contributed by atoms with E-state index in [2.05, 4.69) is 45.6 Å². The third-order valence-electron chi connectivity index (χ3n) is 7.65. The number of nitrogens with zero attached hydrogens (tertiary/aromatic N) is 6. The van der Waals surface area contributed by atoms with Crippen LogP contribution < -0.4 is 10.2 Å². The summed E-state index contributed by atoms with van der Waals surface area (Å²) in [5, 5.41) is 13.6. The maximum atomic E-state index is 12.4. The molecule has 1 amide bonds. The standard InChI is InChI=1S/C31H39N7O3/c1-31(2,3)41-30(39)34-23-10-8-13-37(20-23)24-11-7-9-21(15-24)29-25-16-26(22-17-33-36(4)19-22)32-18-27(25)38(35-29)28-12-5-6-14-40-28/h7,9,11,15-19,23,28H,5-6,8,10,12-14,20H2,1-4H3,(H,34,39)/t23-,28?/m1/s1. The lowest BCUT2D eigenvalue weighted by Crippen LogP contribution is -2.49. The highest BCUT2D eigenvalue weighted by atomic mass is 16.6. The minimum absolute atomic E-state index is 0.0267. The van der Waals surface area contributed by atoms with E-state index in [1.165, 1.54) is 0 Å². The van der Waals surface area contributed by atoms with Gasteiger partial charge in [0.15, 0.2) is 6.23 Å². The average Bonchev–Trinajstić information content (AvgIpc) is 3.56. The second kappa shape index (κ2) is 11.2. The molecule has 6 rings (SSSR count). The first kappa shape index (κ1) is 27.3. The highest BCUT2D eigenvalue weighted by molar-refractivity contribution is 5.95. The summed E-state index contributed by atoms with van der Waals surface area (Å²) in [6, 6.07) is 10.7. The number of pyridine rings is 1. The molecule has 2 aliphatic heterocycles. The Kier molecular flexibility index (Phi) is 7.42. The molecule has 0 bridgehead atoms. The maximum Gasteiger partial charge on any atom is 0.407 e. The van der Waals surface area contributed by atoms with Crippen LogP contribution in [-0.4, -0.2) is 62.0 Å². The van der Waals surface area contributed by atoms with E-state index >= 15 is 0 Å². The van der Waals surface area contributed by atoms with Crippen molar-refractivity contribution in [2.45, 2.75) is 70.7 Å². The first-order chi connectivity index (χ1) is 19.7. The van der Waals surface area contributed by atoms with Crippen molar-refractivity contribution in [3.63, 3.8) is 0 Å². The molecule has 2 atom stereocenters. The molecule has 216 valence electrons. The van der Waals surface area contributed by atoms with Gasteiger partial charge in [0.05, 0.1) is 23.6 Å². The van der Waals surface area contributed by atoms with E-state index in [0.29, 0.717) is 0 Å². The second-order valence-corrected chi connectivity index (χ2v) is 12.1. The molecule has 1 unspecified atom stereocenters. The fourth-order valence-electron chi connectivity index (χ4n) is 5.75. The van der Waals surface area contributed by atoms with Gasteiger partial charge in [-0.3, -0.25) is 9.67 Å². The van der Waals surface area contributed by atoms with E-state index in [-0.39, 0.29) is 18.4 Å². The van der Waals surface area contributed by atoms with Crippen LogP contribution in [0.4, 0.5) is 10.5 Å². The van der Waals surface area contributed by atoms with Crippen molar-refractivity contribution in [2.24, 2.45) is 7.05 Å². The van der Waals surface area contributed by atoms with E-state index in [0.717, 1.165) is 90.9 Å². The molecule has 2 aliphatic rings. The Morgan fingerprint density at radius 1 is 1.10 bits per heavy atom. The van der Waals surface area contributed by atoms with Gasteiger partial charge in [0.1, 0.15) is 11.3 Å². The van der Waals surface area contributed by atoms with Gasteiger partial charge in [0.2, 0.25) is 0 Å². The number of rotatable bonds is 5. The summed E-state index contributed by atoms with van der Waals surface area (Å²) in [7, 11) is 1.91. The molecule has 0 saturated carbocycles. The number of benzene rings is 1. The molecular weight excluding hydrogens is 518 g/mol. The summed E-state index contributed by atoms with van der Waals surface area (Å²) in [5.41, 5.74) is 5.32. The molecule has 0 spiro atoms. The Labute approximate surface area is 240 Å². The van der Waals surface area contributed by atoms with Crippen LogP contribution >= 0.6 is 0 Å². The van der Waals surface area contributed by atoms with E-state index in [1.807, 2.05) is 51.1 Å². The number of fused-ring (bicyclic) bond motifs is 1. The van der Waals surface area contributed by atoms with Crippen molar-refractivity contribution in [1.29, 1.82) is 0 Å². The molecule has 41 heavy (non-hydrogen) atoms. The zero-order valence-corrected chi connectivity index (χ0v) is 24.3. The van der Waals surface area contributed by atoms with Crippen molar-refractivity contribution < 1.29 is 14.3 Å². The number of alkyl carbamates (subject to hydrolysis) is 1. The Bertz CT molecular complexity index is 1530. The minimum atomic E-state index is -0.520. The summed E-state index contributed by atoms with van der Waals surface area (Å²) in [4.78, 5) is 19.5. The van der Waals surface area contributed by atoms with Gasteiger partial charge in [-0.25, -0.2) is 9.48 Å².